The predicted octanol–water partition coefficient (Wildman–Crippen LogP) is 2.59. The topological polar surface area (TPSA) is 59.0 Å². The van der Waals surface area contributed by atoms with Gasteiger partial charge >= 0.3 is 12.6 Å². The Balaban J connectivity index is 2.61. The number of carboxylic acid groups (broad SMARTS) is 1. The molecule has 0 aliphatic rings. The third kappa shape index (κ3) is 6.40. The minimum atomic E-state index is -2.90. The fraction of sp³-hybridized carbons (Fsp3) is 0.500. The van der Waals surface area contributed by atoms with Crippen molar-refractivity contribution in [2.24, 2.45) is 0 Å². The Kier molecular flexibility index (Phi) is 6.87. The van der Waals surface area contributed by atoms with Gasteiger partial charge in [-0.25, -0.2) is 0 Å². The zero-order chi connectivity index (χ0) is 15.8. The van der Waals surface area contributed by atoms with Crippen LogP contribution in [0.25, 0.3) is 0 Å². The van der Waals surface area contributed by atoms with Crippen LogP contribution in [0.15, 0.2) is 18.2 Å². The SMILES string of the molecule is COc1cc(CN(C)CCCC(=O)O)ccc1OC(F)F. The van der Waals surface area contributed by atoms with E-state index in [1.807, 2.05) is 11.9 Å². The first kappa shape index (κ1) is 17.2. The van der Waals surface area contributed by atoms with Crippen LogP contribution < -0.4 is 9.47 Å². The number of carboxylic acids is 1. The highest BCUT2D eigenvalue weighted by Gasteiger charge is 2.11. The number of ether oxygens (including phenoxy) is 2. The lowest BCUT2D eigenvalue weighted by atomic mass is 10.2. The maximum atomic E-state index is 12.2. The lowest BCUT2D eigenvalue weighted by Gasteiger charge is -2.17. The molecule has 5 nitrogen and oxygen atoms in total. The molecule has 0 heterocycles. The maximum Gasteiger partial charge on any atom is 0.387 e. The van der Waals surface area contributed by atoms with E-state index in [0.717, 1.165) is 5.56 Å². The highest BCUT2D eigenvalue weighted by molar-refractivity contribution is 5.66. The molecule has 7 heteroatoms. The molecule has 0 bridgehead atoms. The summed E-state index contributed by atoms with van der Waals surface area (Å²) in [7, 11) is 3.24. The lowest BCUT2D eigenvalue weighted by Crippen LogP contribution is -2.19. The van der Waals surface area contributed by atoms with Crippen molar-refractivity contribution in [3.8, 4) is 11.5 Å². The summed E-state index contributed by atoms with van der Waals surface area (Å²) in [5, 5.41) is 8.58. The van der Waals surface area contributed by atoms with E-state index in [4.69, 9.17) is 9.84 Å². The average molecular weight is 303 g/mol. The second kappa shape index (κ2) is 8.41. The van der Waals surface area contributed by atoms with Gasteiger partial charge in [0.25, 0.3) is 0 Å². The van der Waals surface area contributed by atoms with Crippen LogP contribution >= 0.6 is 0 Å². The largest absolute Gasteiger partial charge is 0.493 e. The summed E-state index contributed by atoms with van der Waals surface area (Å²) in [6.07, 6.45) is 0.671. The molecule has 21 heavy (non-hydrogen) atoms. The number of methoxy groups -OCH3 is 1. The molecule has 1 aromatic carbocycles. The van der Waals surface area contributed by atoms with Crippen LogP contribution in [0, 0.1) is 0 Å². The van der Waals surface area contributed by atoms with Crippen LogP contribution in [0.1, 0.15) is 18.4 Å². The normalized spacial score (nSPS) is 11.0. The molecule has 0 aliphatic carbocycles. The van der Waals surface area contributed by atoms with Crippen molar-refractivity contribution in [2.45, 2.75) is 26.0 Å². The summed E-state index contributed by atoms with van der Waals surface area (Å²) >= 11 is 0. The average Bonchev–Trinajstić information content (AvgIpc) is 2.39. The number of rotatable bonds is 9. The first-order chi connectivity index (χ1) is 9.92. The predicted molar refractivity (Wildman–Crippen MR) is 72.8 cm³/mol. The van der Waals surface area contributed by atoms with Gasteiger partial charge in [-0.3, -0.25) is 4.79 Å². The Labute approximate surface area is 122 Å². The number of nitrogens with zero attached hydrogens (tertiary/aromatic N) is 1. The first-order valence-electron chi connectivity index (χ1n) is 6.44. The van der Waals surface area contributed by atoms with Crippen molar-refractivity contribution in [2.75, 3.05) is 20.7 Å². The Morgan fingerprint density at radius 1 is 1.38 bits per heavy atom. The quantitative estimate of drug-likeness (QED) is 0.760. The van der Waals surface area contributed by atoms with Gasteiger partial charge in [0.1, 0.15) is 0 Å². The molecule has 1 aromatic rings. The van der Waals surface area contributed by atoms with Crippen molar-refractivity contribution >= 4 is 5.97 Å². The van der Waals surface area contributed by atoms with Gasteiger partial charge in [0.05, 0.1) is 7.11 Å². The van der Waals surface area contributed by atoms with Crippen LogP contribution in [0.5, 0.6) is 11.5 Å². The van der Waals surface area contributed by atoms with E-state index >= 15 is 0 Å². The molecule has 0 amide bonds. The van der Waals surface area contributed by atoms with E-state index in [2.05, 4.69) is 4.74 Å². The van der Waals surface area contributed by atoms with Crippen molar-refractivity contribution in [1.29, 1.82) is 0 Å². The molecule has 0 saturated carbocycles. The lowest BCUT2D eigenvalue weighted by molar-refractivity contribution is -0.137. The molecule has 0 unspecified atom stereocenters. The Hall–Kier alpha value is -1.89. The van der Waals surface area contributed by atoms with E-state index < -0.39 is 12.6 Å². The molecule has 0 aliphatic heterocycles. The second-order valence-electron chi connectivity index (χ2n) is 4.60. The van der Waals surface area contributed by atoms with E-state index in [9.17, 15) is 13.6 Å². The van der Waals surface area contributed by atoms with Gasteiger partial charge in [-0.05, 0) is 37.7 Å². The molecule has 0 spiro atoms. The van der Waals surface area contributed by atoms with Crippen LogP contribution in [0.3, 0.4) is 0 Å². The van der Waals surface area contributed by atoms with Crippen molar-refractivity contribution in [3.63, 3.8) is 0 Å². The Morgan fingerprint density at radius 2 is 2.10 bits per heavy atom. The number of aliphatic carboxylic acids is 1. The number of hydrogen-bond donors (Lipinski definition) is 1. The minimum Gasteiger partial charge on any atom is -0.493 e. The molecule has 1 N–H and O–H groups in total. The number of benzene rings is 1. The third-order valence-corrected chi connectivity index (χ3v) is 2.83. The smallest absolute Gasteiger partial charge is 0.387 e. The van der Waals surface area contributed by atoms with Crippen LogP contribution in [0.4, 0.5) is 8.78 Å². The van der Waals surface area contributed by atoms with Gasteiger partial charge in [-0.2, -0.15) is 8.78 Å². The van der Waals surface area contributed by atoms with Crippen molar-refractivity contribution in [1.82, 2.24) is 4.90 Å². The summed E-state index contributed by atoms with van der Waals surface area (Å²) in [6, 6.07) is 4.74. The monoisotopic (exact) mass is 303 g/mol. The molecule has 1 rings (SSSR count). The highest BCUT2D eigenvalue weighted by Crippen LogP contribution is 2.29. The van der Waals surface area contributed by atoms with E-state index in [1.54, 1.807) is 12.1 Å². The zero-order valence-corrected chi connectivity index (χ0v) is 12.0. The van der Waals surface area contributed by atoms with Crippen molar-refractivity contribution in [3.05, 3.63) is 23.8 Å². The van der Waals surface area contributed by atoms with E-state index in [0.29, 0.717) is 19.5 Å². The molecular weight excluding hydrogens is 284 g/mol. The van der Waals surface area contributed by atoms with Crippen molar-refractivity contribution < 1.29 is 28.2 Å². The second-order valence-corrected chi connectivity index (χ2v) is 4.60. The molecule has 0 radical (unpaired) electrons. The maximum absolute atomic E-state index is 12.2. The fourth-order valence-electron chi connectivity index (χ4n) is 1.89. The number of halogens is 2. The van der Waals surface area contributed by atoms with Crippen LogP contribution in [-0.2, 0) is 11.3 Å². The van der Waals surface area contributed by atoms with Gasteiger partial charge in [0, 0.05) is 13.0 Å². The molecular formula is C14H19F2NO4. The van der Waals surface area contributed by atoms with E-state index in [-0.39, 0.29) is 17.9 Å². The summed E-state index contributed by atoms with van der Waals surface area (Å²) in [6.45, 7) is -1.71. The summed E-state index contributed by atoms with van der Waals surface area (Å²) in [4.78, 5) is 12.4. The van der Waals surface area contributed by atoms with Crippen LogP contribution in [-0.4, -0.2) is 43.3 Å². The standard InChI is InChI=1S/C14H19F2NO4/c1-17(7-3-4-13(18)19)9-10-5-6-11(21-14(15)16)12(8-10)20-2/h5-6,8,14H,3-4,7,9H2,1-2H3,(H,18,19). The minimum absolute atomic E-state index is 0.00946. The van der Waals surface area contributed by atoms with E-state index in [1.165, 1.54) is 13.2 Å². The van der Waals surface area contributed by atoms with Gasteiger partial charge < -0.3 is 19.5 Å². The molecule has 0 atom stereocenters. The van der Waals surface area contributed by atoms with Gasteiger partial charge in [0.15, 0.2) is 11.5 Å². The van der Waals surface area contributed by atoms with Gasteiger partial charge in [-0.15, -0.1) is 0 Å². The van der Waals surface area contributed by atoms with Gasteiger partial charge in [-0.1, -0.05) is 6.07 Å². The number of carbonyl (C=O) groups is 1. The molecule has 0 aromatic heterocycles. The molecule has 0 fully saturated rings. The summed E-state index contributed by atoms with van der Waals surface area (Å²) in [5.74, 6) is -0.588. The fourth-order valence-corrected chi connectivity index (χ4v) is 1.89. The molecule has 0 saturated heterocycles. The number of hydrogen-bond acceptors (Lipinski definition) is 4. The van der Waals surface area contributed by atoms with Gasteiger partial charge in [0.2, 0.25) is 0 Å². The number of alkyl halides is 2. The first-order valence-corrected chi connectivity index (χ1v) is 6.44. The summed E-state index contributed by atoms with van der Waals surface area (Å²) in [5.41, 5.74) is 0.867. The van der Waals surface area contributed by atoms with Crippen LogP contribution in [0.2, 0.25) is 0 Å². The molecule has 118 valence electrons. The highest BCUT2D eigenvalue weighted by atomic mass is 19.3. The zero-order valence-electron chi connectivity index (χ0n) is 12.0. The Bertz CT molecular complexity index is 468. The third-order valence-electron chi connectivity index (χ3n) is 2.83. The Morgan fingerprint density at radius 3 is 2.67 bits per heavy atom. The summed E-state index contributed by atoms with van der Waals surface area (Å²) < 4.78 is 33.8.